The Morgan fingerprint density at radius 2 is 1.06 bits per heavy atom. The Morgan fingerprint density at radius 3 is 1.89 bits per heavy atom. The van der Waals surface area contributed by atoms with Crippen molar-refractivity contribution in [1.82, 2.24) is 19.9 Å². The van der Waals surface area contributed by atoms with E-state index < -0.39 is 0 Å². The zero-order chi connectivity index (χ0) is 30.9. The normalized spacial score (nSPS) is 11.8. The Labute approximate surface area is 269 Å². The molecule has 0 saturated heterocycles. The summed E-state index contributed by atoms with van der Waals surface area (Å²) in [5, 5.41) is 4.52. The van der Waals surface area contributed by atoms with Crippen LogP contribution in [-0.4, -0.2) is 19.9 Å². The van der Waals surface area contributed by atoms with Crippen molar-refractivity contribution in [2.24, 2.45) is 0 Å². The van der Waals surface area contributed by atoms with Gasteiger partial charge in [-0.2, -0.15) is 0 Å². The molecule has 0 fully saturated rings. The fourth-order valence-corrected chi connectivity index (χ4v) is 7.00. The van der Waals surface area contributed by atoms with E-state index in [2.05, 4.69) is 83.8 Å². The van der Waals surface area contributed by atoms with Crippen LogP contribution in [0.3, 0.4) is 0 Å². The van der Waals surface area contributed by atoms with Crippen molar-refractivity contribution in [2.75, 3.05) is 0 Å². The van der Waals surface area contributed by atoms with E-state index in [0.29, 0.717) is 17.5 Å². The summed E-state index contributed by atoms with van der Waals surface area (Å²) in [7, 11) is 0. The molecule has 47 heavy (non-hydrogen) atoms. The summed E-state index contributed by atoms with van der Waals surface area (Å²) in [6, 6.07) is 46.5. The Hall–Kier alpha value is -6.46. The second kappa shape index (κ2) is 10.0. The third kappa shape index (κ3) is 4.03. The van der Waals surface area contributed by atoms with Gasteiger partial charge in [-0.25, -0.2) is 15.0 Å². The van der Waals surface area contributed by atoms with Crippen LogP contribution in [0.5, 0.6) is 0 Å². The minimum Gasteiger partial charge on any atom is -0.454 e. The molecule has 218 valence electrons. The number of furan rings is 1. The number of benzene rings is 6. The molecule has 0 amide bonds. The molecule has 3 aromatic heterocycles. The molecule has 1 aliphatic rings. The van der Waals surface area contributed by atoms with Gasteiger partial charge in [0.15, 0.2) is 23.1 Å². The summed E-state index contributed by atoms with van der Waals surface area (Å²) in [6.45, 7) is 0. The van der Waals surface area contributed by atoms with E-state index in [-0.39, 0.29) is 0 Å². The number of hydrogen-bond donors (Lipinski definition) is 0. The summed E-state index contributed by atoms with van der Waals surface area (Å²) in [6.07, 6.45) is 3.53. The third-order valence-corrected chi connectivity index (χ3v) is 9.17. The monoisotopic (exact) mass is 600 g/mol. The predicted molar refractivity (Wildman–Crippen MR) is 189 cm³/mol. The molecule has 0 N–H and O–H groups in total. The van der Waals surface area contributed by atoms with E-state index in [1.54, 1.807) is 12.4 Å². The molecule has 0 atom stereocenters. The molecule has 9 aromatic rings. The highest BCUT2D eigenvalue weighted by atomic mass is 16.3. The smallest absolute Gasteiger partial charge is 0.164 e. The molecule has 5 heteroatoms. The average Bonchev–Trinajstić information content (AvgIpc) is 3.69. The van der Waals surface area contributed by atoms with Crippen molar-refractivity contribution < 1.29 is 4.42 Å². The van der Waals surface area contributed by atoms with Crippen LogP contribution in [0.2, 0.25) is 0 Å². The molecular formula is C42H24N4O. The molecule has 5 nitrogen and oxygen atoms in total. The second-order valence-electron chi connectivity index (χ2n) is 11.9. The number of nitrogens with zero attached hydrogens (tertiary/aromatic N) is 4. The van der Waals surface area contributed by atoms with Crippen molar-refractivity contribution in [3.63, 3.8) is 0 Å². The second-order valence-corrected chi connectivity index (χ2v) is 11.9. The highest BCUT2D eigenvalue weighted by Crippen LogP contribution is 2.48. The van der Waals surface area contributed by atoms with Gasteiger partial charge in [0.1, 0.15) is 5.58 Å². The summed E-state index contributed by atoms with van der Waals surface area (Å²) < 4.78 is 6.13. The van der Waals surface area contributed by atoms with Crippen LogP contribution < -0.4 is 0 Å². The summed E-state index contributed by atoms with van der Waals surface area (Å²) in [5.74, 6) is 1.82. The Morgan fingerprint density at radius 1 is 0.404 bits per heavy atom. The van der Waals surface area contributed by atoms with Crippen LogP contribution in [0.4, 0.5) is 0 Å². The van der Waals surface area contributed by atoms with Gasteiger partial charge in [0, 0.05) is 33.7 Å². The fraction of sp³-hybridized carbons (Fsp3) is 0. The van der Waals surface area contributed by atoms with E-state index >= 15 is 0 Å². The molecule has 0 bridgehead atoms. The van der Waals surface area contributed by atoms with Gasteiger partial charge in [0.2, 0.25) is 0 Å². The topological polar surface area (TPSA) is 64.7 Å². The Bertz CT molecular complexity index is 2680. The Balaban J connectivity index is 1.11. The lowest BCUT2D eigenvalue weighted by atomic mass is 9.95. The molecular weight excluding hydrogens is 576 g/mol. The van der Waals surface area contributed by atoms with Crippen LogP contribution in [0.25, 0.3) is 100 Å². The maximum Gasteiger partial charge on any atom is 0.164 e. The van der Waals surface area contributed by atoms with Gasteiger partial charge in [-0.05, 0) is 68.4 Å². The Kier molecular flexibility index (Phi) is 5.51. The van der Waals surface area contributed by atoms with Crippen molar-refractivity contribution >= 4 is 32.7 Å². The van der Waals surface area contributed by atoms with Gasteiger partial charge < -0.3 is 4.42 Å². The minimum atomic E-state index is 0.593. The summed E-state index contributed by atoms with van der Waals surface area (Å²) in [4.78, 5) is 19.3. The van der Waals surface area contributed by atoms with Gasteiger partial charge in [-0.15, -0.1) is 0 Å². The van der Waals surface area contributed by atoms with E-state index in [1.165, 1.54) is 38.6 Å². The van der Waals surface area contributed by atoms with Crippen LogP contribution in [-0.2, 0) is 0 Å². The molecule has 6 aromatic carbocycles. The van der Waals surface area contributed by atoms with Crippen LogP contribution in [0, 0.1) is 0 Å². The van der Waals surface area contributed by atoms with Crippen molar-refractivity contribution in [2.45, 2.75) is 0 Å². The molecule has 10 rings (SSSR count). The highest BCUT2D eigenvalue weighted by molar-refractivity contribution is 6.16. The minimum absolute atomic E-state index is 0.593. The third-order valence-electron chi connectivity index (χ3n) is 9.17. The maximum absolute atomic E-state index is 6.13. The number of pyridine rings is 1. The first-order valence-corrected chi connectivity index (χ1v) is 15.6. The van der Waals surface area contributed by atoms with Gasteiger partial charge in [-0.3, -0.25) is 4.98 Å². The lowest BCUT2D eigenvalue weighted by Gasteiger charge is -2.11. The molecule has 0 spiro atoms. The molecule has 0 saturated carbocycles. The summed E-state index contributed by atoms with van der Waals surface area (Å²) >= 11 is 0. The maximum atomic E-state index is 6.13. The predicted octanol–water partition coefficient (Wildman–Crippen LogP) is 10.6. The SMILES string of the molecule is c1ccc(-c2nc(-c3ccc(-c4cc5c6c(cccc6c4)-c4ccccc4-5)cc3)nc(-c3cccc4oc5cnccc5c34)n2)cc1. The van der Waals surface area contributed by atoms with Gasteiger partial charge in [-0.1, -0.05) is 109 Å². The first-order chi connectivity index (χ1) is 23.3. The van der Waals surface area contributed by atoms with E-state index in [1.807, 2.05) is 54.6 Å². The highest BCUT2D eigenvalue weighted by Gasteiger charge is 2.22. The van der Waals surface area contributed by atoms with Crippen LogP contribution in [0.1, 0.15) is 0 Å². The standard InChI is InChI=1S/C42H24N4O/c1-2-8-26(9-3-1)40-44-41(46-42(45-40)34-14-7-15-36-39(34)33-20-21-43-24-37(33)47-36)27-18-16-25(17-19-27)29-22-28-10-6-13-32-30-11-4-5-12-31(30)35(23-29)38(28)32/h1-24H. The first kappa shape index (κ1) is 25.8. The van der Waals surface area contributed by atoms with Crippen LogP contribution in [0.15, 0.2) is 150 Å². The van der Waals surface area contributed by atoms with Gasteiger partial charge >= 0.3 is 0 Å². The average molecular weight is 601 g/mol. The van der Waals surface area contributed by atoms with Gasteiger partial charge in [0.05, 0.1) is 6.20 Å². The zero-order valence-corrected chi connectivity index (χ0v) is 25.1. The van der Waals surface area contributed by atoms with E-state index in [4.69, 9.17) is 19.4 Å². The lowest BCUT2D eigenvalue weighted by molar-refractivity contribution is 0.667. The number of rotatable bonds is 4. The first-order valence-electron chi connectivity index (χ1n) is 15.6. The number of fused-ring (bicyclic) bond motifs is 6. The molecule has 0 unspecified atom stereocenters. The molecule has 0 radical (unpaired) electrons. The van der Waals surface area contributed by atoms with E-state index in [0.717, 1.165) is 44.2 Å². The largest absolute Gasteiger partial charge is 0.454 e. The van der Waals surface area contributed by atoms with Gasteiger partial charge in [0.25, 0.3) is 0 Å². The molecule has 0 aliphatic heterocycles. The van der Waals surface area contributed by atoms with Crippen LogP contribution >= 0.6 is 0 Å². The number of hydrogen-bond acceptors (Lipinski definition) is 5. The van der Waals surface area contributed by atoms with E-state index in [9.17, 15) is 0 Å². The molecule has 3 heterocycles. The fourth-order valence-electron chi connectivity index (χ4n) is 7.00. The van der Waals surface area contributed by atoms with Crippen molar-refractivity contribution in [3.8, 4) is 67.5 Å². The number of aromatic nitrogens is 4. The quantitative estimate of drug-likeness (QED) is 0.201. The zero-order valence-electron chi connectivity index (χ0n) is 25.1. The summed E-state index contributed by atoms with van der Waals surface area (Å²) in [5.41, 5.74) is 11.8. The molecule has 1 aliphatic carbocycles. The van der Waals surface area contributed by atoms with Crippen molar-refractivity contribution in [1.29, 1.82) is 0 Å². The van der Waals surface area contributed by atoms with Crippen molar-refractivity contribution in [3.05, 3.63) is 146 Å². The lowest BCUT2D eigenvalue weighted by Crippen LogP contribution is -2.00.